The molecule has 6 heteroatoms. The summed E-state index contributed by atoms with van der Waals surface area (Å²) < 4.78 is 5.28. The molecule has 1 aromatic rings. The van der Waals surface area contributed by atoms with Gasteiger partial charge in [-0.15, -0.1) is 0 Å². The molecule has 0 bridgehead atoms. The molecule has 0 heterocycles. The summed E-state index contributed by atoms with van der Waals surface area (Å²) in [5, 5.41) is 11.9. The molecule has 1 rings (SSSR count). The smallest absolute Gasteiger partial charge is 0.408 e. The van der Waals surface area contributed by atoms with Crippen LogP contribution in [0.25, 0.3) is 0 Å². The molecule has 0 aliphatic rings. The minimum Gasteiger partial charge on any atom is -0.444 e. The highest BCUT2D eigenvalue weighted by molar-refractivity contribution is 5.68. The van der Waals surface area contributed by atoms with Gasteiger partial charge in [-0.25, -0.2) is 4.79 Å². The van der Waals surface area contributed by atoms with E-state index in [-0.39, 0.29) is 18.8 Å². The van der Waals surface area contributed by atoms with Crippen LogP contribution in [-0.4, -0.2) is 29.6 Å². The molecule has 0 aliphatic carbocycles. The van der Waals surface area contributed by atoms with Crippen molar-refractivity contribution >= 4 is 12.2 Å². The van der Waals surface area contributed by atoms with E-state index in [9.17, 15) is 4.79 Å². The number of aliphatic hydroxyl groups excluding tert-OH is 1. The first-order valence-corrected chi connectivity index (χ1v) is 7.39. The van der Waals surface area contributed by atoms with Crippen LogP contribution in [0, 0.1) is 6.92 Å². The Morgan fingerprint density at radius 2 is 1.78 bits per heavy atom. The molecule has 128 valence electrons. The molecule has 1 atom stereocenters. The molecule has 1 amide bonds. The number of carbonyl (C=O) groups is 1. The Kier molecular flexibility index (Phi) is 9.54. The molecule has 23 heavy (non-hydrogen) atoms. The topological polar surface area (TPSA) is 92.7 Å². The van der Waals surface area contributed by atoms with Gasteiger partial charge in [0.25, 0.3) is 0 Å². The molecule has 0 aliphatic heterocycles. The Hall–Kier alpha value is -2.17. The van der Waals surface area contributed by atoms with Crippen molar-refractivity contribution in [1.29, 1.82) is 0 Å². The molecule has 0 fully saturated rings. The summed E-state index contributed by atoms with van der Waals surface area (Å²) in [5.74, 6) is 0. The summed E-state index contributed by atoms with van der Waals surface area (Å²) >= 11 is 0. The van der Waals surface area contributed by atoms with E-state index in [0.717, 1.165) is 5.56 Å². The highest BCUT2D eigenvalue weighted by Gasteiger charge is 2.20. The Labute approximate surface area is 136 Å². The molecular weight excluding hydrogens is 298 g/mol. The molecule has 6 nitrogen and oxygen atoms in total. The number of alkyl carbamates (subject to hydrolysis) is 1. The summed E-state index contributed by atoms with van der Waals surface area (Å²) in [7, 11) is 0. The van der Waals surface area contributed by atoms with Crippen molar-refractivity contribution in [3.63, 3.8) is 0 Å². The lowest BCUT2D eigenvalue weighted by molar-refractivity contribution is -0.191. The van der Waals surface area contributed by atoms with Gasteiger partial charge in [-0.05, 0) is 46.1 Å². The number of carbonyl (C=O) groups excluding carboxylic acids is 3. The fourth-order valence-electron chi connectivity index (χ4n) is 1.87. The van der Waals surface area contributed by atoms with E-state index in [4.69, 9.17) is 19.4 Å². The first-order chi connectivity index (χ1) is 10.7. The summed E-state index contributed by atoms with van der Waals surface area (Å²) in [5.41, 5.74) is 1.68. The zero-order valence-corrected chi connectivity index (χ0v) is 14.1. The van der Waals surface area contributed by atoms with Crippen LogP contribution < -0.4 is 5.32 Å². The van der Waals surface area contributed by atoms with E-state index >= 15 is 0 Å². The third-order valence-corrected chi connectivity index (χ3v) is 2.82. The molecule has 0 unspecified atom stereocenters. The summed E-state index contributed by atoms with van der Waals surface area (Å²) in [4.78, 5) is 28.1. The second kappa shape index (κ2) is 10.5. The van der Waals surface area contributed by atoms with E-state index in [1.54, 1.807) is 0 Å². The molecular formula is C17H25NO5. The predicted molar refractivity (Wildman–Crippen MR) is 84.6 cm³/mol. The van der Waals surface area contributed by atoms with Gasteiger partial charge in [0.2, 0.25) is 0 Å². The van der Waals surface area contributed by atoms with Gasteiger partial charge in [-0.2, -0.15) is 9.59 Å². The lowest BCUT2D eigenvalue weighted by atomic mass is 10.0. The normalized spacial score (nSPS) is 11.5. The van der Waals surface area contributed by atoms with Crippen LogP contribution in [0.1, 0.15) is 50.8 Å². The van der Waals surface area contributed by atoms with E-state index in [2.05, 4.69) is 5.32 Å². The SMILES string of the molecule is Cc1ccc([C@H](CCCO)NC(=O)OC(C)(C)C)cc1.O=C=O. The third-order valence-electron chi connectivity index (χ3n) is 2.82. The Morgan fingerprint density at radius 3 is 2.22 bits per heavy atom. The number of benzene rings is 1. The van der Waals surface area contributed by atoms with Gasteiger partial charge in [-0.3, -0.25) is 0 Å². The molecule has 0 radical (unpaired) electrons. The maximum Gasteiger partial charge on any atom is 0.408 e. The molecule has 0 aromatic heterocycles. The van der Waals surface area contributed by atoms with Crippen molar-refractivity contribution in [2.24, 2.45) is 0 Å². The van der Waals surface area contributed by atoms with Crippen molar-refractivity contribution in [2.45, 2.75) is 52.2 Å². The van der Waals surface area contributed by atoms with Crippen LogP contribution in [0.5, 0.6) is 0 Å². The van der Waals surface area contributed by atoms with Crippen molar-refractivity contribution in [1.82, 2.24) is 5.32 Å². The Morgan fingerprint density at radius 1 is 1.26 bits per heavy atom. The van der Waals surface area contributed by atoms with Gasteiger partial charge in [-0.1, -0.05) is 29.8 Å². The van der Waals surface area contributed by atoms with Crippen molar-refractivity contribution in [2.75, 3.05) is 6.61 Å². The fraction of sp³-hybridized carbons (Fsp3) is 0.529. The van der Waals surface area contributed by atoms with Crippen LogP contribution in [-0.2, 0) is 14.3 Å². The van der Waals surface area contributed by atoms with Crippen LogP contribution >= 0.6 is 0 Å². The summed E-state index contributed by atoms with van der Waals surface area (Å²) in [6.45, 7) is 7.63. The van der Waals surface area contributed by atoms with Gasteiger partial charge in [0, 0.05) is 6.61 Å². The first-order valence-electron chi connectivity index (χ1n) is 7.39. The predicted octanol–water partition coefficient (Wildman–Crippen LogP) is 2.75. The minimum atomic E-state index is -0.515. The number of ether oxygens (including phenoxy) is 1. The van der Waals surface area contributed by atoms with Crippen LogP contribution in [0.3, 0.4) is 0 Å². The van der Waals surface area contributed by atoms with E-state index in [1.165, 1.54) is 5.56 Å². The molecule has 0 saturated carbocycles. The van der Waals surface area contributed by atoms with Crippen molar-refractivity contribution in [3.8, 4) is 0 Å². The number of nitrogens with one attached hydrogen (secondary N) is 1. The number of amides is 1. The highest BCUT2D eigenvalue weighted by Crippen LogP contribution is 2.20. The fourth-order valence-corrected chi connectivity index (χ4v) is 1.87. The van der Waals surface area contributed by atoms with E-state index in [0.29, 0.717) is 12.8 Å². The Bertz CT molecular complexity index is 499. The standard InChI is InChI=1S/C16H25NO3.CO2/c1-12-7-9-13(10-8-12)14(6-5-11-18)17-15(19)20-16(2,3)4;2-1-3/h7-10,14,18H,5-6,11H2,1-4H3,(H,17,19);/t14-;/m0./s1. The lowest BCUT2D eigenvalue weighted by Crippen LogP contribution is -2.35. The maximum atomic E-state index is 11.9. The molecule has 1 aromatic carbocycles. The highest BCUT2D eigenvalue weighted by atomic mass is 16.6. The summed E-state index contributed by atoms with van der Waals surface area (Å²) in [6.07, 6.45) is 1.13. The van der Waals surface area contributed by atoms with Crippen LogP contribution in [0.15, 0.2) is 24.3 Å². The quantitative estimate of drug-likeness (QED) is 0.869. The first kappa shape index (κ1) is 20.8. The number of aliphatic hydroxyl groups is 1. The number of aryl methyl sites for hydroxylation is 1. The van der Waals surface area contributed by atoms with E-state index in [1.807, 2.05) is 52.0 Å². The second-order valence-electron chi connectivity index (χ2n) is 6.06. The lowest BCUT2D eigenvalue weighted by Gasteiger charge is -2.24. The third kappa shape index (κ3) is 10.2. The zero-order chi connectivity index (χ0) is 17.9. The van der Waals surface area contributed by atoms with Gasteiger partial charge >= 0.3 is 12.2 Å². The average Bonchev–Trinajstić information content (AvgIpc) is 2.43. The van der Waals surface area contributed by atoms with Crippen LogP contribution in [0.2, 0.25) is 0 Å². The average molecular weight is 323 g/mol. The van der Waals surface area contributed by atoms with Gasteiger partial charge in [0.15, 0.2) is 0 Å². The zero-order valence-electron chi connectivity index (χ0n) is 14.1. The minimum absolute atomic E-state index is 0.109. The summed E-state index contributed by atoms with van der Waals surface area (Å²) in [6, 6.07) is 7.87. The van der Waals surface area contributed by atoms with Gasteiger partial charge in [0.05, 0.1) is 6.04 Å². The van der Waals surface area contributed by atoms with Crippen molar-refractivity contribution < 1.29 is 24.2 Å². The maximum absolute atomic E-state index is 11.9. The monoisotopic (exact) mass is 323 g/mol. The van der Waals surface area contributed by atoms with Crippen LogP contribution in [0.4, 0.5) is 4.79 Å². The number of hydrogen-bond acceptors (Lipinski definition) is 5. The van der Waals surface area contributed by atoms with Crippen molar-refractivity contribution in [3.05, 3.63) is 35.4 Å². The second-order valence-corrected chi connectivity index (χ2v) is 6.06. The van der Waals surface area contributed by atoms with Gasteiger partial charge < -0.3 is 15.2 Å². The largest absolute Gasteiger partial charge is 0.444 e. The van der Waals surface area contributed by atoms with Gasteiger partial charge in [0.1, 0.15) is 5.60 Å². The number of hydrogen-bond donors (Lipinski definition) is 2. The Balaban J connectivity index is 0.00000149. The van der Waals surface area contributed by atoms with E-state index < -0.39 is 11.7 Å². The molecule has 2 N–H and O–H groups in total. The molecule has 0 spiro atoms. The number of rotatable bonds is 5. The molecule has 0 saturated heterocycles.